The molecule has 0 radical (unpaired) electrons. The van der Waals surface area contributed by atoms with E-state index in [-0.39, 0.29) is 22.9 Å². The Morgan fingerprint density at radius 3 is 2.78 bits per heavy atom. The highest BCUT2D eigenvalue weighted by atomic mass is 19.1. The number of carbonyl (C=O) groups is 1. The van der Waals surface area contributed by atoms with Gasteiger partial charge < -0.3 is 9.84 Å². The topological polar surface area (TPSA) is 64.3 Å². The Kier molecular flexibility index (Phi) is 3.01. The molecule has 2 aromatic rings. The molecule has 1 N–H and O–H groups in total. The van der Waals surface area contributed by atoms with Crippen LogP contribution in [-0.4, -0.2) is 28.3 Å². The lowest BCUT2D eigenvalue weighted by atomic mass is 10.1. The Bertz CT molecular complexity index is 608. The highest BCUT2D eigenvalue weighted by molar-refractivity contribution is 5.88. The summed E-state index contributed by atoms with van der Waals surface area (Å²) in [6.45, 7) is 0. The molecule has 0 unspecified atom stereocenters. The molecule has 18 heavy (non-hydrogen) atoms. The van der Waals surface area contributed by atoms with Crippen LogP contribution >= 0.6 is 0 Å². The van der Waals surface area contributed by atoms with Gasteiger partial charge in [-0.25, -0.2) is 9.07 Å². The Morgan fingerprint density at radius 1 is 1.50 bits per heavy atom. The van der Waals surface area contributed by atoms with Crippen LogP contribution in [-0.2, 0) is 7.05 Å². The zero-order valence-electron chi connectivity index (χ0n) is 9.85. The number of hydrogen-bond acceptors (Lipinski definition) is 4. The molecule has 0 aliphatic heterocycles. The summed E-state index contributed by atoms with van der Waals surface area (Å²) in [6.07, 6.45) is 0.486. The van der Waals surface area contributed by atoms with Crippen LogP contribution in [0.1, 0.15) is 10.4 Å². The highest BCUT2D eigenvalue weighted by Crippen LogP contribution is 2.30. The number of aryl methyl sites for hydroxylation is 1. The second-order valence-electron chi connectivity index (χ2n) is 3.68. The van der Waals surface area contributed by atoms with Gasteiger partial charge in [0.25, 0.3) is 0 Å². The zero-order chi connectivity index (χ0) is 13.3. The van der Waals surface area contributed by atoms with Crippen LogP contribution in [0.3, 0.4) is 0 Å². The van der Waals surface area contributed by atoms with Crippen molar-refractivity contribution in [3.05, 3.63) is 29.6 Å². The first-order chi connectivity index (χ1) is 8.58. The van der Waals surface area contributed by atoms with E-state index < -0.39 is 5.82 Å². The number of benzene rings is 1. The molecular weight excluding hydrogens is 239 g/mol. The van der Waals surface area contributed by atoms with E-state index in [0.717, 1.165) is 4.68 Å². The van der Waals surface area contributed by atoms with E-state index in [2.05, 4.69) is 5.10 Å². The number of methoxy groups -OCH3 is 1. The number of ether oxygens (including phenoxy) is 1. The number of aromatic hydroxyl groups is 1. The molecule has 94 valence electrons. The summed E-state index contributed by atoms with van der Waals surface area (Å²) < 4.78 is 19.5. The van der Waals surface area contributed by atoms with E-state index in [0.29, 0.717) is 11.8 Å². The summed E-state index contributed by atoms with van der Waals surface area (Å²) in [5.41, 5.74) is 0.653. The molecule has 0 spiro atoms. The molecule has 6 heteroatoms. The summed E-state index contributed by atoms with van der Waals surface area (Å²) >= 11 is 0. The fourth-order valence-electron chi connectivity index (χ4n) is 1.67. The summed E-state index contributed by atoms with van der Waals surface area (Å²) in [5, 5.41) is 13.6. The maximum Gasteiger partial charge on any atom is 0.220 e. The molecule has 0 saturated heterocycles. The molecule has 1 heterocycles. The Labute approximate surface area is 102 Å². The molecule has 0 aliphatic carbocycles. The monoisotopic (exact) mass is 250 g/mol. The van der Waals surface area contributed by atoms with E-state index >= 15 is 0 Å². The maximum atomic E-state index is 13.6. The predicted octanol–water partition coefficient (Wildman–Crippen LogP) is 1.75. The lowest BCUT2D eigenvalue weighted by Gasteiger charge is -2.03. The van der Waals surface area contributed by atoms with E-state index in [1.165, 1.54) is 26.3 Å². The molecule has 0 atom stereocenters. The van der Waals surface area contributed by atoms with Gasteiger partial charge in [-0.05, 0) is 18.2 Å². The van der Waals surface area contributed by atoms with Gasteiger partial charge in [0.05, 0.1) is 7.11 Å². The quantitative estimate of drug-likeness (QED) is 0.843. The van der Waals surface area contributed by atoms with Crippen LogP contribution < -0.4 is 4.74 Å². The lowest BCUT2D eigenvalue weighted by molar-refractivity contribution is 0.112. The Balaban J connectivity index is 2.58. The maximum absolute atomic E-state index is 13.6. The molecule has 0 saturated carbocycles. The first-order valence-corrected chi connectivity index (χ1v) is 5.13. The molecule has 2 rings (SSSR count). The van der Waals surface area contributed by atoms with Crippen molar-refractivity contribution < 1.29 is 19.0 Å². The standard InChI is InChI=1S/C12H11FN2O3/c1-15-12(17)8(6-16)11(14-15)7-3-4-10(18-2)9(13)5-7/h3-6,17H,1-2H3. The average Bonchev–Trinajstić information content (AvgIpc) is 2.65. The van der Waals surface area contributed by atoms with Crippen LogP contribution in [0.15, 0.2) is 18.2 Å². The Hall–Kier alpha value is -2.37. The van der Waals surface area contributed by atoms with Gasteiger partial charge in [-0.1, -0.05) is 0 Å². The van der Waals surface area contributed by atoms with Gasteiger partial charge in [0.2, 0.25) is 5.88 Å². The molecule has 0 aliphatic rings. The first-order valence-electron chi connectivity index (χ1n) is 5.13. The third kappa shape index (κ3) is 1.81. The van der Waals surface area contributed by atoms with Crippen LogP contribution in [0.25, 0.3) is 11.3 Å². The highest BCUT2D eigenvalue weighted by Gasteiger charge is 2.17. The van der Waals surface area contributed by atoms with Gasteiger partial charge in [0.15, 0.2) is 17.9 Å². The number of aromatic nitrogens is 2. The number of aldehydes is 1. The first kappa shape index (κ1) is 12.1. The van der Waals surface area contributed by atoms with Crippen LogP contribution in [0.4, 0.5) is 4.39 Å². The van der Waals surface area contributed by atoms with Gasteiger partial charge in [0.1, 0.15) is 11.3 Å². The smallest absolute Gasteiger partial charge is 0.220 e. The molecule has 5 nitrogen and oxygen atoms in total. The van der Waals surface area contributed by atoms with Gasteiger partial charge in [-0.15, -0.1) is 0 Å². The molecule has 0 amide bonds. The van der Waals surface area contributed by atoms with Gasteiger partial charge in [0, 0.05) is 12.6 Å². The Morgan fingerprint density at radius 2 is 2.22 bits per heavy atom. The SMILES string of the molecule is COc1ccc(-c2nn(C)c(O)c2C=O)cc1F. The molecule has 0 fully saturated rings. The minimum absolute atomic E-state index is 0.0297. The third-order valence-electron chi connectivity index (χ3n) is 2.60. The fourth-order valence-corrected chi connectivity index (χ4v) is 1.67. The van der Waals surface area contributed by atoms with Crippen LogP contribution in [0.5, 0.6) is 11.6 Å². The summed E-state index contributed by atoms with van der Waals surface area (Å²) in [4.78, 5) is 10.9. The molecule has 0 bridgehead atoms. The van der Waals surface area contributed by atoms with Crippen molar-refractivity contribution in [1.29, 1.82) is 0 Å². The van der Waals surface area contributed by atoms with Crippen molar-refractivity contribution in [2.24, 2.45) is 7.05 Å². The number of nitrogens with zero attached hydrogens (tertiary/aromatic N) is 2. The van der Waals surface area contributed by atoms with Gasteiger partial charge in [-0.3, -0.25) is 4.79 Å². The predicted molar refractivity (Wildman–Crippen MR) is 62.2 cm³/mol. The van der Waals surface area contributed by atoms with Crippen molar-refractivity contribution in [2.75, 3.05) is 7.11 Å². The van der Waals surface area contributed by atoms with Crippen molar-refractivity contribution in [2.45, 2.75) is 0 Å². The summed E-state index contributed by atoms with van der Waals surface area (Å²) in [6, 6.07) is 4.20. The average molecular weight is 250 g/mol. The molecule has 1 aromatic heterocycles. The summed E-state index contributed by atoms with van der Waals surface area (Å²) in [7, 11) is 2.85. The largest absolute Gasteiger partial charge is 0.494 e. The normalized spacial score (nSPS) is 10.4. The van der Waals surface area contributed by atoms with Crippen LogP contribution in [0.2, 0.25) is 0 Å². The zero-order valence-corrected chi connectivity index (χ0v) is 9.85. The molecule has 1 aromatic carbocycles. The second-order valence-corrected chi connectivity index (χ2v) is 3.68. The van der Waals surface area contributed by atoms with Gasteiger partial charge in [-0.2, -0.15) is 5.10 Å². The van der Waals surface area contributed by atoms with E-state index in [9.17, 15) is 14.3 Å². The van der Waals surface area contributed by atoms with Crippen LogP contribution in [0, 0.1) is 5.82 Å². The second kappa shape index (κ2) is 4.48. The number of carbonyl (C=O) groups excluding carboxylic acids is 1. The van der Waals surface area contributed by atoms with Crippen molar-refractivity contribution in [1.82, 2.24) is 9.78 Å². The summed E-state index contributed by atoms with van der Waals surface area (Å²) in [5.74, 6) is -0.709. The van der Waals surface area contributed by atoms with E-state index in [4.69, 9.17) is 4.74 Å². The third-order valence-corrected chi connectivity index (χ3v) is 2.60. The molecular formula is C12H11FN2O3. The van der Waals surface area contributed by atoms with E-state index in [1.54, 1.807) is 6.07 Å². The number of halogens is 1. The van der Waals surface area contributed by atoms with Crippen molar-refractivity contribution in [3.8, 4) is 22.9 Å². The lowest BCUT2D eigenvalue weighted by Crippen LogP contribution is -1.91. The minimum atomic E-state index is -0.558. The van der Waals surface area contributed by atoms with Crippen molar-refractivity contribution in [3.63, 3.8) is 0 Å². The number of hydrogen-bond donors (Lipinski definition) is 1. The van der Waals surface area contributed by atoms with Gasteiger partial charge >= 0.3 is 0 Å². The minimum Gasteiger partial charge on any atom is -0.494 e. The fraction of sp³-hybridized carbons (Fsp3) is 0.167. The van der Waals surface area contributed by atoms with Crippen molar-refractivity contribution >= 4 is 6.29 Å². The number of rotatable bonds is 3. The van der Waals surface area contributed by atoms with E-state index in [1.807, 2.05) is 0 Å².